The van der Waals surface area contributed by atoms with Crippen molar-refractivity contribution < 1.29 is 8.83 Å². The van der Waals surface area contributed by atoms with Gasteiger partial charge in [0.1, 0.15) is 22.3 Å². The molecule has 226 valence electrons. The zero-order valence-corrected chi connectivity index (χ0v) is 25.9. The SMILES string of the molecule is N#Cc1ccc2oc3c(-c4cc(-c5ccccc5C#N)cc(-n5c6ccccc6c6c7oc8ccccc8c7ccc65)c4)cccc3c2c1. The van der Waals surface area contributed by atoms with Crippen molar-refractivity contribution in [1.29, 1.82) is 10.5 Å². The largest absolute Gasteiger partial charge is 0.455 e. The van der Waals surface area contributed by atoms with Crippen molar-refractivity contribution in [1.82, 2.24) is 4.57 Å². The number of nitriles is 2. The van der Waals surface area contributed by atoms with Gasteiger partial charge in [0, 0.05) is 38.2 Å². The minimum absolute atomic E-state index is 0.586. The van der Waals surface area contributed by atoms with E-state index >= 15 is 0 Å². The molecular weight excluding hydrogens is 603 g/mol. The molecule has 0 aliphatic heterocycles. The molecule has 5 nitrogen and oxygen atoms in total. The summed E-state index contributed by atoms with van der Waals surface area (Å²) < 4.78 is 15.3. The van der Waals surface area contributed by atoms with Crippen molar-refractivity contribution >= 4 is 65.7 Å². The van der Waals surface area contributed by atoms with Gasteiger partial charge in [0.2, 0.25) is 0 Å². The monoisotopic (exact) mass is 625 g/mol. The summed E-state index contributed by atoms with van der Waals surface area (Å²) in [6.07, 6.45) is 0. The summed E-state index contributed by atoms with van der Waals surface area (Å²) in [5.74, 6) is 0. The van der Waals surface area contributed by atoms with Gasteiger partial charge in [-0.15, -0.1) is 0 Å². The second-order valence-corrected chi connectivity index (χ2v) is 12.3. The lowest BCUT2D eigenvalue weighted by Gasteiger charge is -2.15. The number of rotatable bonds is 3. The minimum atomic E-state index is 0.586. The van der Waals surface area contributed by atoms with Crippen LogP contribution in [0, 0.1) is 22.7 Å². The van der Waals surface area contributed by atoms with Gasteiger partial charge < -0.3 is 13.4 Å². The molecule has 0 amide bonds. The number of aromatic nitrogens is 1. The molecule has 3 aromatic heterocycles. The Morgan fingerprint density at radius 2 is 1.16 bits per heavy atom. The molecule has 0 atom stereocenters. The molecule has 0 saturated carbocycles. The lowest BCUT2D eigenvalue weighted by molar-refractivity contribution is 0.670. The van der Waals surface area contributed by atoms with Crippen LogP contribution < -0.4 is 0 Å². The maximum atomic E-state index is 10.1. The standard InChI is InChI=1S/C44H23N3O2/c45-24-26-16-19-41-37(20-26)34-13-7-12-32(43(34)48-41)29-21-28(31-9-2-1-8-27(31)25-46)22-30(23-29)47-38-14-5-3-11-36(38)42-39(47)18-17-35-33-10-4-6-15-40(33)49-44(35)42/h1-23H. The summed E-state index contributed by atoms with van der Waals surface area (Å²) in [6, 6.07) is 51.4. The molecule has 0 unspecified atom stereocenters. The van der Waals surface area contributed by atoms with Crippen LogP contribution in [0.4, 0.5) is 0 Å². The van der Waals surface area contributed by atoms with Crippen molar-refractivity contribution in [3.63, 3.8) is 0 Å². The van der Waals surface area contributed by atoms with Crippen LogP contribution in [0.2, 0.25) is 0 Å². The van der Waals surface area contributed by atoms with Crippen molar-refractivity contribution in [2.45, 2.75) is 0 Å². The number of hydrogen-bond acceptors (Lipinski definition) is 4. The molecule has 10 rings (SSSR count). The van der Waals surface area contributed by atoms with Crippen LogP contribution in [0.25, 0.3) is 93.6 Å². The average molecular weight is 626 g/mol. The zero-order valence-electron chi connectivity index (χ0n) is 25.9. The zero-order chi connectivity index (χ0) is 32.6. The summed E-state index contributed by atoms with van der Waals surface area (Å²) in [4.78, 5) is 0. The third-order valence-electron chi connectivity index (χ3n) is 9.65. The molecular formula is C44H23N3O2. The van der Waals surface area contributed by atoms with Crippen LogP contribution in [0.1, 0.15) is 11.1 Å². The molecule has 0 aliphatic carbocycles. The Bertz CT molecular complexity index is 3090. The van der Waals surface area contributed by atoms with Gasteiger partial charge in [0.05, 0.1) is 39.7 Å². The molecule has 0 radical (unpaired) electrons. The molecule has 0 bridgehead atoms. The Balaban J connectivity index is 1.31. The summed E-state index contributed by atoms with van der Waals surface area (Å²) in [7, 11) is 0. The highest BCUT2D eigenvalue weighted by atomic mass is 16.3. The van der Waals surface area contributed by atoms with Crippen molar-refractivity contribution in [3.05, 3.63) is 151 Å². The Morgan fingerprint density at radius 3 is 2.04 bits per heavy atom. The van der Waals surface area contributed by atoms with Crippen molar-refractivity contribution in [2.24, 2.45) is 0 Å². The van der Waals surface area contributed by atoms with Crippen LogP contribution in [0.5, 0.6) is 0 Å². The number of furan rings is 2. The Morgan fingerprint density at radius 1 is 0.469 bits per heavy atom. The van der Waals surface area contributed by atoms with Crippen LogP contribution in [0.3, 0.4) is 0 Å². The molecule has 10 aromatic rings. The summed E-state index contributed by atoms with van der Waals surface area (Å²) in [5.41, 5.74) is 11.0. The number of fused-ring (bicyclic) bond motifs is 10. The van der Waals surface area contributed by atoms with Crippen molar-refractivity contribution in [3.8, 4) is 40.1 Å². The number of hydrogen-bond donors (Lipinski definition) is 0. The summed E-state index contributed by atoms with van der Waals surface area (Å²) >= 11 is 0. The topological polar surface area (TPSA) is 78.8 Å². The number of nitrogens with zero attached hydrogens (tertiary/aromatic N) is 3. The van der Waals surface area contributed by atoms with Gasteiger partial charge >= 0.3 is 0 Å². The molecule has 7 aromatic carbocycles. The van der Waals surface area contributed by atoms with E-state index in [2.05, 4.69) is 83.4 Å². The molecule has 49 heavy (non-hydrogen) atoms. The predicted molar refractivity (Wildman–Crippen MR) is 196 cm³/mol. The van der Waals surface area contributed by atoms with Crippen LogP contribution in [-0.4, -0.2) is 4.57 Å². The number of benzene rings is 7. The van der Waals surface area contributed by atoms with Gasteiger partial charge in [-0.25, -0.2) is 0 Å². The summed E-state index contributed by atoms with van der Waals surface area (Å²) in [5, 5.41) is 25.9. The second-order valence-electron chi connectivity index (χ2n) is 12.3. The number of para-hydroxylation sites is 3. The molecule has 5 heteroatoms. The summed E-state index contributed by atoms with van der Waals surface area (Å²) in [6.45, 7) is 0. The second kappa shape index (κ2) is 10.2. The van der Waals surface area contributed by atoms with E-state index in [1.165, 1.54) is 0 Å². The third-order valence-corrected chi connectivity index (χ3v) is 9.65. The normalized spacial score (nSPS) is 11.6. The highest BCUT2D eigenvalue weighted by Gasteiger charge is 2.21. The van der Waals surface area contributed by atoms with E-state index in [0.29, 0.717) is 11.1 Å². The van der Waals surface area contributed by atoms with Gasteiger partial charge in [-0.3, -0.25) is 0 Å². The highest BCUT2D eigenvalue weighted by Crippen LogP contribution is 2.43. The molecule has 0 spiro atoms. The van der Waals surface area contributed by atoms with Gasteiger partial charge in [0.15, 0.2) is 0 Å². The van der Waals surface area contributed by atoms with E-state index in [4.69, 9.17) is 8.83 Å². The van der Waals surface area contributed by atoms with Gasteiger partial charge in [-0.1, -0.05) is 72.8 Å². The quantitative estimate of drug-likeness (QED) is 0.196. The fourth-order valence-corrected chi connectivity index (χ4v) is 7.49. The molecule has 0 fully saturated rings. The first-order valence-corrected chi connectivity index (χ1v) is 16.0. The molecule has 0 aliphatic rings. The highest BCUT2D eigenvalue weighted by molar-refractivity contribution is 6.24. The van der Waals surface area contributed by atoms with E-state index in [1.807, 2.05) is 66.7 Å². The van der Waals surface area contributed by atoms with Crippen LogP contribution in [0.15, 0.2) is 148 Å². The van der Waals surface area contributed by atoms with Gasteiger partial charge in [0.25, 0.3) is 0 Å². The molecule has 3 heterocycles. The first-order chi connectivity index (χ1) is 24.2. The van der Waals surface area contributed by atoms with Crippen LogP contribution >= 0.6 is 0 Å². The maximum absolute atomic E-state index is 10.1. The predicted octanol–water partition coefficient (Wildman–Crippen LogP) is 11.7. The lowest BCUT2D eigenvalue weighted by Crippen LogP contribution is -1.96. The minimum Gasteiger partial charge on any atom is -0.455 e. The lowest BCUT2D eigenvalue weighted by atomic mass is 9.94. The van der Waals surface area contributed by atoms with Gasteiger partial charge in [-0.05, 0) is 83.4 Å². The third kappa shape index (κ3) is 3.91. The molecule has 0 N–H and O–H groups in total. The Kier molecular flexibility index (Phi) is 5.64. The van der Waals surface area contributed by atoms with Crippen LogP contribution in [-0.2, 0) is 0 Å². The van der Waals surface area contributed by atoms with E-state index in [-0.39, 0.29) is 0 Å². The van der Waals surface area contributed by atoms with E-state index in [1.54, 1.807) is 6.07 Å². The fraction of sp³-hybridized carbons (Fsp3) is 0. The average Bonchev–Trinajstić information content (AvgIpc) is 3.83. The maximum Gasteiger partial charge on any atom is 0.145 e. The van der Waals surface area contributed by atoms with E-state index < -0.39 is 0 Å². The van der Waals surface area contributed by atoms with Gasteiger partial charge in [-0.2, -0.15) is 10.5 Å². The Labute approximate surface area is 279 Å². The first kappa shape index (κ1) is 27.1. The van der Waals surface area contributed by atoms with E-state index in [9.17, 15) is 10.5 Å². The smallest absolute Gasteiger partial charge is 0.145 e. The van der Waals surface area contributed by atoms with E-state index in [0.717, 1.165) is 93.6 Å². The Hall–Kier alpha value is -7.08. The fourth-order valence-electron chi connectivity index (χ4n) is 7.49. The first-order valence-electron chi connectivity index (χ1n) is 16.0. The molecule has 0 saturated heterocycles. The van der Waals surface area contributed by atoms with Crippen molar-refractivity contribution in [2.75, 3.05) is 0 Å².